The largest absolute Gasteiger partial charge is 0.324 e. The Kier molecular flexibility index (Phi) is 2.71. The van der Waals surface area contributed by atoms with Gasteiger partial charge in [-0.15, -0.1) is 0 Å². The number of benzene rings is 1. The summed E-state index contributed by atoms with van der Waals surface area (Å²) in [5, 5.41) is 4.27. The van der Waals surface area contributed by atoms with Crippen molar-refractivity contribution < 1.29 is 0 Å². The summed E-state index contributed by atoms with van der Waals surface area (Å²) in [5.74, 6) is 0.621. The first-order valence-corrected chi connectivity index (χ1v) is 6.48. The third-order valence-electron chi connectivity index (χ3n) is 4.17. The van der Waals surface area contributed by atoms with Crippen LogP contribution in [0, 0.1) is 6.92 Å². The quantitative estimate of drug-likeness (QED) is 0.897. The molecule has 3 heteroatoms. The van der Waals surface area contributed by atoms with Crippen molar-refractivity contribution in [3.05, 3.63) is 52.8 Å². The van der Waals surface area contributed by atoms with Crippen molar-refractivity contribution in [3.63, 3.8) is 0 Å². The Morgan fingerprint density at radius 1 is 1.44 bits per heavy atom. The molecule has 0 radical (unpaired) electrons. The highest BCUT2D eigenvalue weighted by Crippen LogP contribution is 2.40. The number of fused-ring (bicyclic) bond motifs is 1. The molecule has 94 valence electrons. The second kappa shape index (κ2) is 4.25. The molecule has 0 amide bonds. The van der Waals surface area contributed by atoms with E-state index in [1.165, 1.54) is 28.8 Å². The van der Waals surface area contributed by atoms with E-state index in [4.69, 9.17) is 5.73 Å². The molecule has 3 rings (SSSR count). The van der Waals surface area contributed by atoms with E-state index >= 15 is 0 Å². The predicted octanol–water partition coefficient (Wildman–Crippen LogP) is 2.46. The molecule has 1 aromatic carbocycles. The third kappa shape index (κ3) is 1.75. The van der Waals surface area contributed by atoms with Crippen LogP contribution in [0.5, 0.6) is 0 Å². The van der Waals surface area contributed by atoms with Crippen molar-refractivity contribution in [1.29, 1.82) is 0 Å². The van der Waals surface area contributed by atoms with Crippen molar-refractivity contribution >= 4 is 0 Å². The minimum atomic E-state index is 0.0945. The molecule has 1 heterocycles. The van der Waals surface area contributed by atoms with Gasteiger partial charge in [0.25, 0.3) is 0 Å². The molecule has 18 heavy (non-hydrogen) atoms. The minimum absolute atomic E-state index is 0.0945. The molecular formula is C15H19N3. The topological polar surface area (TPSA) is 43.8 Å². The number of nitrogens with two attached hydrogens (primary N) is 1. The zero-order valence-electron chi connectivity index (χ0n) is 10.9. The average molecular weight is 241 g/mol. The monoisotopic (exact) mass is 241 g/mol. The van der Waals surface area contributed by atoms with Gasteiger partial charge in [0.1, 0.15) is 0 Å². The van der Waals surface area contributed by atoms with Gasteiger partial charge in [0.2, 0.25) is 0 Å². The number of aryl methyl sites for hydroxylation is 1. The van der Waals surface area contributed by atoms with E-state index in [-0.39, 0.29) is 6.04 Å². The molecule has 1 aromatic heterocycles. The normalized spacial score (nSPS) is 19.2. The van der Waals surface area contributed by atoms with Gasteiger partial charge in [-0.1, -0.05) is 24.3 Å². The number of aromatic nitrogens is 2. The summed E-state index contributed by atoms with van der Waals surface area (Å²) < 4.78 is 1.89. The third-order valence-corrected chi connectivity index (χ3v) is 4.17. The minimum Gasteiger partial charge on any atom is -0.324 e. The Balaban J connectivity index is 1.74. The summed E-state index contributed by atoms with van der Waals surface area (Å²) in [7, 11) is 1.96. The van der Waals surface area contributed by atoms with Crippen LogP contribution in [0.15, 0.2) is 30.5 Å². The fraction of sp³-hybridized carbons (Fsp3) is 0.400. The Bertz CT molecular complexity index is 571. The Morgan fingerprint density at radius 3 is 2.89 bits per heavy atom. The first-order chi connectivity index (χ1) is 8.66. The molecule has 2 atom stereocenters. The second-order valence-electron chi connectivity index (χ2n) is 5.25. The van der Waals surface area contributed by atoms with E-state index in [1.54, 1.807) is 0 Å². The summed E-state index contributed by atoms with van der Waals surface area (Å²) in [6, 6.07) is 8.77. The summed E-state index contributed by atoms with van der Waals surface area (Å²) in [5.41, 5.74) is 11.6. The Hall–Kier alpha value is -1.61. The van der Waals surface area contributed by atoms with E-state index < -0.39 is 0 Å². The summed E-state index contributed by atoms with van der Waals surface area (Å²) in [6.45, 7) is 2.08. The van der Waals surface area contributed by atoms with Crippen LogP contribution in [0.1, 0.15) is 40.8 Å². The van der Waals surface area contributed by atoms with Gasteiger partial charge in [-0.3, -0.25) is 4.68 Å². The van der Waals surface area contributed by atoms with Gasteiger partial charge in [-0.2, -0.15) is 5.10 Å². The molecule has 1 aliphatic rings. The molecule has 0 spiro atoms. The summed E-state index contributed by atoms with van der Waals surface area (Å²) in [4.78, 5) is 0. The fourth-order valence-electron chi connectivity index (χ4n) is 2.89. The van der Waals surface area contributed by atoms with Gasteiger partial charge in [-0.25, -0.2) is 0 Å². The van der Waals surface area contributed by atoms with Gasteiger partial charge in [0.05, 0.1) is 6.20 Å². The maximum atomic E-state index is 6.32. The molecule has 0 aliphatic heterocycles. The Morgan fingerprint density at radius 2 is 2.22 bits per heavy atom. The standard InChI is InChI=1S/C15H19N3/c1-10-14(9-17-18(10)2)15(16)8-12-7-11-5-3-4-6-13(11)12/h3-6,9,12,15H,7-8,16H2,1-2H3. The van der Waals surface area contributed by atoms with Crippen LogP contribution in [-0.2, 0) is 13.5 Å². The molecule has 2 N–H and O–H groups in total. The Labute approximate surface area is 108 Å². The van der Waals surface area contributed by atoms with Crippen LogP contribution >= 0.6 is 0 Å². The van der Waals surface area contributed by atoms with Gasteiger partial charge >= 0.3 is 0 Å². The maximum absolute atomic E-state index is 6.32. The maximum Gasteiger partial charge on any atom is 0.0540 e. The molecule has 0 bridgehead atoms. The van der Waals surface area contributed by atoms with Crippen LogP contribution < -0.4 is 5.73 Å². The van der Waals surface area contributed by atoms with E-state index in [1.807, 2.05) is 17.9 Å². The van der Waals surface area contributed by atoms with Gasteiger partial charge < -0.3 is 5.73 Å². The predicted molar refractivity (Wildman–Crippen MR) is 72.4 cm³/mol. The highest BCUT2D eigenvalue weighted by molar-refractivity contribution is 5.40. The first-order valence-electron chi connectivity index (χ1n) is 6.48. The van der Waals surface area contributed by atoms with Gasteiger partial charge in [-0.05, 0) is 36.8 Å². The van der Waals surface area contributed by atoms with E-state index in [2.05, 4.69) is 36.3 Å². The average Bonchev–Trinajstić information content (AvgIpc) is 2.67. The highest BCUT2D eigenvalue weighted by Gasteiger charge is 2.28. The van der Waals surface area contributed by atoms with Crippen LogP contribution in [0.4, 0.5) is 0 Å². The molecule has 0 fully saturated rings. The lowest BCUT2D eigenvalue weighted by Crippen LogP contribution is -2.23. The lowest BCUT2D eigenvalue weighted by molar-refractivity contribution is 0.497. The van der Waals surface area contributed by atoms with E-state index in [0.717, 1.165) is 6.42 Å². The molecule has 2 aromatic rings. The molecule has 2 unspecified atom stereocenters. The van der Waals surface area contributed by atoms with E-state index in [9.17, 15) is 0 Å². The number of nitrogens with zero attached hydrogens (tertiary/aromatic N) is 2. The second-order valence-corrected chi connectivity index (χ2v) is 5.25. The molecule has 0 saturated heterocycles. The number of hydrogen-bond acceptors (Lipinski definition) is 2. The lowest BCUT2D eigenvalue weighted by Gasteiger charge is -2.32. The van der Waals surface area contributed by atoms with Crippen molar-refractivity contribution in [1.82, 2.24) is 9.78 Å². The molecule has 1 aliphatic carbocycles. The number of hydrogen-bond donors (Lipinski definition) is 1. The van der Waals surface area contributed by atoms with Crippen molar-refractivity contribution in [2.75, 3.05) is 0 Å². The number of rotatable bonds is 3. The van der Waals surface area contributed by atoms with Crippen LogP contribution in [-0.4, -0.2) is 9.78 Å². The summed E-state index contributed by atoms with van der Waals surface area (Å²) in [6.07, 6.45) is 4.09. The van der Waals surface area contributed by atoms with Gasteiger partial charge in [0, 0.05) is 24.3 Å². The zero-order valence-corrected chi connectivity index (χ0v) is 10.9. The SMILES string of the molecule is Cc1c(C(N)CC2Cc3ccccc32)cnn1C. The van der Waals surface area contributed by atoms with E-state index in [0.29, 0.717) is 5.92 Å². The first kappa shape index (κ1) is 11.5. The molecular weight excluding hydrogens is 222 g/mol. The van der Waals surface area contributed by atoms with Crippen LogP contribution in [0.2, 0.25) is 0 Å². The van der Waals surface area contributed by atoms with Crippen LogP contribution in [0.25, 0.3) is 0 Å². The summed E-state index contributed by atoms with van der Waals surface area (Å²) >= 11 is 0. The van der Waals surface area contributed by atoms with Crippen molar-refractivity contribution in [2.45, 2.75) is 31.7 Å². The highest BCUT2D eigenvalue weighted by atomic mass is 15.3. The lowest BCUT2D eigenvalue weighted by atomic mass is 9.74. The van der Waals surface area contributed by atoms with Crippen LogP contribution in [0.3, 0.4) is 0 Å². The molecule has 3 nitrogen and oxygen atoms in total. The van der Waals surface area contributed by atoms with Gasteiger partial charge in [0.15, 0.2) is 0 Å². The smallest absolute Gasteiger partial charge is 0.0540 e. The zero-order chi connectivity index (χ0) is 12.7. The fourth-order valence-corrected chi connectivity index (χ4v) is 2.89. The van der Waals surface area contributed by atoms with Crippen molar-refractivity contribution in [2.24, 2.45) is 12.8 Å². The van der Waals surface area contributed by atoms with Crippen molar-refractivity contribution in [3.8, 4) is 0 Å². The molecule has 0 saturated carbocycles.